The largest absolute Gasteiger partial charge is 0.405 e. The number of nitrogens with one attached hydrogen (secondary N) is 1. The number of hydrogen-bond donors (Lipinski definition) is 1. The summed E-state index contributed by atoms with van der Waals surface area (Å²) in [5.74, 6) is -0.810. The molecule has 1 aliphatic carbocycles. The Hall–Kier alpha value is -1.04. The molecule has 18 heavy (non-hydrogen) atoms. The van der Waals surface area contributed by atoms with Crippen LogP contribution in [0.2, 0.25) is 0 Å². The summed E-state index contributed by atoms with van der Waals surface area (Å²) in [4.78, 5) is 11.5. The molecule has 2 rings (SSSR count). The maximum atomic E-state index is 12.0. The van der Waals surface area contributed by atoms with Gasteiger partial charge in [0.1, 0.15) is 6.54 Å². The normalized spacial score (nSPS) is 22.7. The summed E-state index contributed by atoms with van der Waals surface area (Å²) in [6.07, 6.45) is -3.74. The predicted octanol–water partition coefficient (Wildman–Crippen LogP) is 3.23. The first-order valence-corrected chi connectivity index (χ1v) is 6.26. The Morgan fingerprint density at radius 2 is 2.17 bits per heavy atom. The van der Waals surface area contributed by atoms with Crippen LogP contribution >= 0.6 is 15.9 Å². The van der Waals surface area contributed by atoms with E-state index in [-0.39, 0.29) is 11.8 Å². The second-order valence-corrected chi connectivity index (χ2v) is 5.25. The average Bonchev–Trinajstić information content (AvgIpc) is 3.05. The number of rotatable bonds is 3. The summed E-state index contributed by atoms with van der Waals surface area (Å²) in [5.41, 5.74) is 0.983. The molecule has 0 bridgehead atoms. The van der Waals surface area contributed by atoms with E-state index in [4.69, 9.17) is 0 Å². The van der Waals surface area contributed by atoms with Crippen molar-refractivity contribution in [3.05, 3.63) is 34.3 Å². The Morgan fingerprint density at radius 1 is 1.44 bits per heavy atom. The molecule has 0 saturated heterocycles. The highest BCUT2D eigenvalue weighted by molar-refractivity contribution is 9.10. The average molecular weight is 322 g/mol. The van der Waals surface area contributed by atoms with Crippen molar-refractivity contribution in [3.63, 3.8) is 0 Å². The summed E-state index contributed by atoms with van der Waals surface area (Å²) < 4.78 is 36.8. The molecule has 1 aromatic carbocycles. The number of hydrogen-bond acceptors (Lipinski definition) is 1. The van der Waals surface area contributed by atoms with Crippen LogP contribution in [0.15, 0.2) is 28.7 Å². The Kier molecular flexibility index (Phi) is 3.66. The second kappa shape index (κ2) is 4.91. The molecule has 1 aliphatic rings. The van der Waals surface area contributed by atoms with Crippen LogP contribution in [0.25, 0.3) is 0 Å². The lowest BCUT2D eigenvalue weighted by Gasteiger charge is -2.08. The van der Waals surface area contributed by atoms with Crippen LogP contribution in [-0.4, -0.2) is 18.6 Å². The lowest BCUT2D eigenvalue weighted by Crippen LogP contribution is -2.34. The van der Waals surface area contributed by atoms with E-state index in [9.17, 15) is 18.0 Å². The first kappa shape index (κ1) is 13.4. The first-order chi connectivity index (χ1) is 8.37. The van der Waals surface area contributed by atoms with Gasteiger partial charge in [0.2, 0.25) is 5.91 Å². The fourth-order valence-electron chi connectivity index (χ4n) is 1.91. The van der Waals surface area contributed by atoms with Gasteiger partial charge in [-0.2, -0.15) is 13.2 Å². The van der Waals surface area contributed by atoms with Gasteiger partial charge in [-0.1, -0.05) is 28.1 Å². The molecule has 0 heterocycles. The minimum atomic E-state index is -4.35. The molecular formula is C12H11BrF3NO. The van der Waals surface area contributed by atoms with Gasteiger partial charge in [-0.05, 0) is 30.0 Å². The number of alkyl halides is 3. The van der Waals surface area contributed by atoms with E-state index in [1.807, 2.05) is 29.6 Å². The number of halogens is 4. The highest BCUT2D eigenvalue weighted by Gasteiger charge is 2.44. The third kappa shape index (κ3) is 3.48. The van der Waals surface area contributed by atoms with Crippen molar-refractivity contribution in [3.8, 4) is 0 Å². The summed E-state index contributed by atoms with van der Waals surface area (Å²) >= 11 is 3.32. The third-order valence-electron chi connectivity index (χ3n) is 2.87. The quantitative estimate of drug-likeness (QED) is 0.909. The molecule has 2 atom stereocenters. The van der Waals surface area contributed by atoms with Crippen molar-refractivity contribution < 1.29 is 18.0 Å². The van der Waals surface area contributed by atoms with Crippen molar-refractivity contribution in [2.24, 2.45) is 5.92 Å². The number of amides is 1. The van der Waals surface area contributed by atoms with Gasteiger partial charge < -0.3 is 5.32 Å². The first-order valence-electron chi connectivity index (χ1n) is 5.47. The third-order valence-corrected chi connectivity index (χ3v) is 3.36. The van der Waals surface area contributed by atoms with Gasteiger partial charge in [0.15, 0.2) is 0 Å². The monoisotopic (exact) mass is 321 g/mol. The molecule has 0 radical (unpaired) electrons. The van der Waals surface area contributed by atoms with E-state index in [1.165, 1.54) is 0 Å². The predicted molar refractivity (Wildman–Crippen MR) is 64.1 cm³/mol. The lowest BCUT2D eigenvalue weighted by molar-refractivity contribution is -0.139. The van der Waals surface area contributed by atoms with Gasteiger partial charge in [0, 0.05) is 10.4 Å². The van der Waals surface area contributed by atoms with Crippen molar-refractivity contribution in [1.29, 1.82) is 0 Å². The topological polar surface area (TPSA) is 29.1 Å². The molecule has 98 valence electrons. The molecule has 0 aromatic heterocycles. The van der Waals surface area contributed by atoms with Crippen molar-refractivity contribution >= 4 is 21.8 Å². The molecule has 6 heteroatoms. The van der Waals surface area contributed by atoms with E-state index >= 15 is 0 Å². The van der Waals surface area contributed by atoms with Crippen molar-refractivity contribution in [2.45, 2.75) is 18.5 Å². The zero-order chi connectivity index (χ0) is 13.3. The van der Waals surface area contributed by atoms with Gasteiger partial charge in [-0.25, -0.2) is 0 Å². The van der Waals surface area contributed by atoms with Crippen molar-refractivity contribution in [1.82, 2.24) is 5.32 Å². The zero-order valence-electron chi connectivity index (χ0n) is 9.30. The molecule has 2 unspecified atom stereocenters. The summed E-state index contributed by atoms with van der Waals surface area (Å²) in [7, 11) is 0. The number of benzene rings is 1. The van der Waals surface area contributed by atoms with Crippen LogP contribution in [0.3, 0.4) is 0 Å². The minimum Gasteiger partial charge on any atom is -0.347 e. The molecule has 1 N–H and O–H groups in total. The molecule has 0 spiro atoms. The van der Waals surface area contributed by atoms with Crippen LogP contribution in [0, 0.1) is 5.92 Å². The van der Waals surface area contributed by atoms with Crippen LogP contribution in [0.5, 0.6) is 0 Å². The Labute approximate surface area is 111 Å². The number of carbonyl (C=O) groups is 1. The SMILES string of the molecule is O=C(NCC(F)(F)F)C1CC1c1cccc(Br)c1. The molecule has 1 aromatic rings. The molecular weight excluding hydrogens is 311 g/mol. The Morgan fingerprint density at radius 3 is 2.78 bits per heavy atom. The molecule has 1 amide bonds. The molecule has 0 aliphatic heterocycles. The van der Waals surface area contributed by atoms with Gasteiger partial charge in [-0.3, -0.25) is 4.79 Å². The van der Waals surface area contributed by atoms with Crippen molar-refractivity contribution in [2.75, 3.05) is 6.54 Å². The number of carbonyl (C=O) groups excluding carboxylic acids is 1. The molecule has 1 fully saturated rings. The van der Waals surface area contributed by atoms with E-state index in [2.05, 4.69) is 15.9 Å². The fraction of sp³-hybridized carbons (Fsp3) is 0.417. The van der Waals surface area contributed by atoms with Gasteiger partial charge >= 0.3 is 6.18 Å². The van der Waals surface area contributed by atoms with Gasteiger partial charge in [0.05, 0.1) is 0 Å². The van der Waals surface area contributed by atoms with E-state index < -0.39 is 18.6 Å². The van der Waals surface area contributed by atoms with E-state index in [0.29, 0.717) is 6.42 Å². The van der Waals surface area contributed by atoms with Crippen LogP contribution < -0.4 is 5.32 Å². The standard InChI is InChI=1S/C12H11BrF3NO/c13-8-3-1-2-7(4-8)9-5-10(9)11(18)17-6-12(14,15)16/h1-4,9-10H,5-6H2,(H,17,18). The maximum Gasteiger partial charge on any atom is 0.405 e. The lowest BCUT2D eigenvalue weighted by atomic mass is 10.1. The summed E-state index contributed by atoms with van der Waals surface area (Å²) in [5, 5.41) is 1.92. The van der Waals surface area contributed by atoms with Gasteiger partial charge in [-0.15, -0.1) is 0 Å². The highest BCUT2D eigenvalue weighted by atomic mass is 79.9. The van der Waals surface area contributed by atoms with Crippen LogP contribution in [-0.2, 0) is 4.79 Å². The van der Waals surface area contributed by atoms with E-state index in [0.717, 1.165) is 10.0 Å². The minimum absolute atomic E-state index is 0.0377. The zero-order valence-corrected chi connectivity index (χ0v) is 10.9. The van der Waals surface area contributed by atoms with Gasteiger partial charge in [0.25, 0.3) is 0 Å². The summed E-state index contributed by atoms with van der Waals surface area (Å²) in [6.45, 7) is -1.26. The maximum absolute atomic E-state index is 12.0. The fourth-order valence-corrected chi connectivity index (χ4v) is 2.33. The smallest absolute Gasteiger partial charge is 0.347 e. The Balaban J connectivity index is 1.89. The molecule has 2 nitrogen and oxygen atoms in total. The summed E-state index contributed by atoms with van der Waals surface area (Å²) in [6, 6.07) is 7.49. The second-order valence-electron chi connectivity index (χ2n) is 4.34. The highest BCUT2D eigenvalue weighted by Crippen LogP contribution is 2.47. The molecule has 1 saturated carbocycles. The Bertz CT molecular complexity index is 461. The van der Waals surface area contributed by atoms with E-state index in [1.54, 1.807) is 0 Å². The van der Waals surface area contributed by atoms with Crippen LogP contribution in [0.1, 0.15) is 17.9 Å². The van der Waals surface area contributed by atoms with Crippen LogP contribution in [0.4, 0.5) is 13.2 Å².